The maximum absolute atomic E-state index is 13.3. The Bertz CT molecular complexity index is 909. The number of halogens is 1. The zero-order chi connectivity index (χ0) is 21.4. The zero-order valence-electron chi connectivity index (χ0n) is 17.1. The van der Waals surface area contributed by atoms with Crippen LogP contribution in [0.1, 0.15) is 50.5 Å². The molecule has 3 rings (SSSR count). The molecule has 162 valence electrons. The van der Waals surface area contributed by atoms with E-state index in [2.05, 4.69) is 5.32 Å². The quantitative estimate of drug-likeness (QED) is 0.664. The molecule has 0 saturated heterocycles. The summed E-state index contributed by atoms with van der Waals surface area (Å²) in [7, 11) is -3.85. The summed E-state index contributed by atoms with van der Waals surface area (Å²) in [6.07, 6.45) is 7.74. The van der Waals surface area contributed by atoms with E-state index >= 15 is 0 Å². The van der Waals surface area contributed by atoms with Crippen molar-refractivity contribution in [1.29, 1.82) is 0 Å². The number of sulfonamides is 1. The number of nitrogens with zero attached hydrogens (tertiary/aromatic N) is 1. The summed E-state index contributed by atoms with van der Waals surface area (Å²) < 4.78 is 27.8. The smallest absolute Gasteiger partial charge is 0.243 e. The largest absolute Gasteiger partial charge is 0.352 e. The van der Waals surface area contributed by atoms with E-state index in [0.29, 0.717) is 5.02 Å². The highest BCUT2D eigenvalue weighted by Crippen LogP contribution is 2.21. The highest BCUT2D eigenvalue weighted by atomic mass is 35.5. The van der Waals surface area contributed by atoms with E-state index in [1.54, 1.807) is 12.1 Å². The summed E-state index contributed by atoms with van der Waals surface area (Å²) in [6.45, 7) is -0.0831. The van der Waals surface area contributed by atoms with Gasteiger partial charge in [-0.1, -0.05) is 74.0 Å². The lowest BCUT2D eigenvalue weighted by Gasteiger charge is -2.25. The van der Waals surface area contributed by atoms with Gasteiger partial charge in [-0.05, 0) is 42.7 Å². The molecule has 0 atom stereocenters. The number of amides is 1. The van der Waals surface area contributed by atoms with Crippen LogP contribution in [0.4, 0.5) is 0 Å². The molecule has 30 heavy (non-hydrogen) atoms. The summed E-state index contributed by atoms with van der Waals surface area (Å²) in [5.41, 5.74) is 0.828. The number of carbonyl (C=O) groups excluding carboxylic acids is 1. The van der Waals surface area contributed by atoms with Gasteiger partial charge >= 0.3 is 0 Å². The van der Waals surface area contributed by atoms with Gasteiger partial charge in [0, 0.05) is 17.6 Å². The molecule has 0 radical (unpaired) electrons. The maximum atomic E-state index is 13.3. The van der Waals surface area contributed by atoms with Crippen molar-refractivity contribution in [1.82, 2.24) is 9.62 Å². The minimum absolute atomic E-state index is 0.120. The van der Waals surface area contributed by atoms with Crippen molar-refractivity contribution < 1.29 is 13.2 Å². The summed E-state index contributed by atoms with van der Waals surface area (Å²) in [6, 6.07) is 15.5. The molecule has 1 N–H and O–H groups in total. The average molecular weight is 449 g/mol. The number of hydrogen-bond donors (Lipinski definition) is 1. The number of rotatable bonds is 7. The first-order valence-corrected chi connectivity index (χ1v) is 12.4. The summed E-state index contributed by atoms with van der Waals surface area (Å²) in [4.78, 5) is 12.9. The van der Waals surface area contributed by atoms with Gasteiger partial charge in [0.1, 0.15) is 0 Å². The summed E-state index contributed by atoms with van der Waals surface area (Å²) in [5.74, 6) is -0.256. The standard InChI is InChI=1S/C23H29ClN2O3S/c24-20-13-15-22(16-14-20)30(28,29)26(17-19-9-5-4-6-10-19)18-23(27)25-21-11-7-2-1-3-8-12-21/h4-6,9-10,13-16,21H,1-3,7-8,11-12,17-18H2,(H,25,27). The molecule has 1 amide bonds. The van der Waals surface area contributed by atoms with Crippen LogP contribution in [0.3, 0.4) is 0 Å². The lowest BCUT2D eigenvalue weighted by molar-refractivity contribution is -0.122. The number of nitrogens with one attached hydrogen (secondary N) is 1. The Labute approximate surface area is 184 Å². The molecule has 1 aliphatic carbocycles. The van der Waals surface area contributed by atoms with Crippen LogP contribution >= 0.6 is 11.6 Å². The van der Waals surface area contributed by atoms with Gasteiger partial charge in [-0.3, -0.25) is 4.79 Å². The minimum atomic E-state index is -3.85. The summed E-state index contributed by atoms with van der Waals surface area (Å²) in [5, 5.41) is 3.53. The SMILES string of the molecule is O=C(CN(Cc1ccccc1)S(=O)(=O)c1ccc(Cl)cc1)NC1CCCCCCC1. The molecule has 0 heterocycles. The molecule has 0 unspecified atom stereocenters. The van der Waals surface area contributed by atoms with E-state index in [-0.39, 0.29) is 29.9 Å². The first-order valence-electron chi connectivity index (χ1n) is 10.5. The third kappa shape index (κ3) is 6.56. The minimum Gasteiger partial charge on any atom is -0.352 e. The fraction of sp³-hybridized carbons (Fsp3) is 0.435. The van der Waals surface area contributed by atoms with Crippen LogP contribution < -0.4 is 5.32 Å². The second-order valence-electron chi connectivity index (χ2n) is 7.82. The first-order chi connectivity index (χ1) is 14.4. The van der Waals surface area contributed by atoms with Gasteiger partial charge in [0.15, 0.2) is 0 Å². The molecular weight excluding hydrogens is 420 g/mol. The average Bonchev–Trinajstić information content (AvgIpc) is 2.70. The van der Waals surface area contributed by atoms with Crippen LogP contribution in [0, 0.1) is 0 Å². The van der Waals surface area contributed by atoms with E-state index in [1.165, 1.54) is 35.7 Å². The van der Waals surface area contributed by atoms with Gasteiger partial charge in [0.05, 0.1) is 11.4 Å². The molecule has 0 spiro atoms. The Morgan fingerprint density at radius 2 is 1.53 bits per heavy atom. The lowest BCUT2D eigenvalue weighted by atomic mass is 9.97. The number of carbonyl (C=O) groups is 1. The fourth-order valence-corrected chi connectivity index (χ4v) is 5.31. The van der Waals surface area contributed by atoms with Crippen molar-refractivity contribution in [3.05, 3.63) is 65.2 Å². The van der Waals surface area contributed by atoms with Crippen molar-refractivity contribution >= 4 is 27.5 Å². The Hall–Kier alpha value is -1.89. The predicted octanol–water partition coefficient (Wildman–Crippen LogP) is 4.76. The molecule has 1 aliphatic rings. The van der Waals surface area contributed by atoms with Crippen molar-refractivity contribution in [3.63, 3.8) is 0 Å². The van der Waals surface area contributed by atoms with Gasteiger partial charge in [0.25, 0.3) is 0 Å². The second-order valence-corrected chi connectivity index (χ2v) is 10.2. The molecule has 1 saturated carbocycles. The third-order valence-electron chi connectivity index (χ3n) is 5.44. The van der Waals surface area contributed by atoms with Crippen molar-refractivity contribution in [2.45, 2.75) is 62.4 Å². The molecule has 0 bridgehead atoms. The van der Waals surface area contributed by atoms with Crippen LogP contribution in [-0.4, -0.2) is 31.2 Å². The van der Waals surface area contributed by atoms with Crippen molar-refractivity contribution in [2.75, 3.05) is 6.54 Å². The first kappa shape index (κ1) is 22.8. The second kappa shape index (κ2) is 10.9. The fourth-order valence-electron chi connectivity index (χ4n) is 3.80. The van der Waals surface area contributed by atoms with Crippen molar-refractivity contribution in [2.24, 2.45) is 0 Å². The monoisotopic (exact) mass is 448 g/mol. The van der Waals surface area contributed by atoms with Gasteiger partial charge in [0.2, 0.25) is 15.9 Å². The van der Waals surface area contributed by atoms with E-state index in [9.17, 15) is 13.2 Å². The highest BCUT2D eigenvalue weighted by molar-refractivity contribution is 7.89. The van der Waals surface area contributed by atoms with E-state index < -0.39 is 10.0 Å². The van der Waals surface area contributed by atoms with Gasteiger partial charge in [-0.2, -0.15) is 4.31 Å². The predicted molar refractivity (Wildman–Crippen MR) is 120 cm³/mol. The Balaban J connectivity index is 1.76. The van der Waals surface area contributed by atoms with Crippen LogP contribution in [0.25, 0.3) is 0 Å². The van der Waals surface area contributed by atoms with Crippen molar-refractivity contribution in [3.8, 4) is 0 Å². The van der Waals surface area contributed by atoms with E-state index in [0.717, 1.165) is 31.2 Å². The van der Waals surface area contributed by atoms with Crippen LogP contribution in [-0.2, 0) is 21.4 Å². The van der Waals surface area contributed by atoms with Crippen LogP contribution in [0.2, 0.25) is 5.02 Å². The topological polar surface area (TPSA) is 66.5 Å². The highest BCUT2D eigenvalue weighted by Gasteiger charge is 2.27. The van der Waals surface area contributed by atoms with E-state index in [4.69, 9.17) is 11.6 Å². The molecule has 2 aromatic rings. The zero-order valence-corrected chi connectivity index (χ0v) is 18.7. The molecule has 2 aromatic carbocycles. The summed E-state index contributed by atoms with van der Waals surface area (Å²) >= 11 is 5.92. The van der Waals surface area contributed by atoms with Gasteiger partial charge in [-0.15, -0.1) is 0 Å². The Kier molecular flexibility index (Phi) is 8.31. The Morgan fingerprint density at radius 3 is 2.17 bits per heavy atom. The van der Waals surface area contributed by atoms with Gasteiger partial charge < -0.3 is 5.32 Å². The third-order valence-corrected chi connectivity index (χ3v) is 7.50. The van der Waals surface area contributed by atoms with Crippen LogP contribution in [0.15, 0.2) is 59.5 Å². The maximum Gasteiger partial charge on any atom is 0.243 e. The van der Waals surface area contributed by atoms with E-state index in [1.807, 2.05) is 30.3 Å². The molecule has 0 aliphatic heterocycles. The molecule has 7 heteroatoms. The lowest BCUT2D eigenvalue weighted by Crippen LogP contribution is -2.44. The number of hydrogen-bond acceptors (Lipinski definition) is 3. The molecule has 1 fully saturated rings. The Morgan fingerprint density at radius 1 is 0.933 bits per heavy atom. The normalized spacial score (nSPS) is 16.1. The molecule has 0 aromatic heterocycles. The molecular formula is C23H29ClN2O3S. The number of benzene rings is 2. The van der Waals surface area contributed by atoms with Crippen LogP contribution in [0.5, 0.6) is 0 Å². The van der Waals surface area contributed by atoms with Gasteiger partial charge in [-0.25, -0.2) is 8.42 Å². The molecule has 5 nitrogen and oxygen atoms in total.